The highest BCUT2D eigenvalue weighted by Crippen LogP contribution is 2.32. The third kappa shape index (κ3) is 3.30. The topological polar surface area (TPSA) is 21.3 Å². The fraction of sp³-hybridized carbons (Fsp3) is 0.286. The molecule has 1 atom stereocenters. The van der Waals surface area contributed by atoms with Crippen LogP contribution < -0.4 is 10.1 Å². The molecule has 1 aromatic heterocycles. The first-order chi connectivity index (χ1) is 9.13. The lowest BCUT2D eigenvalue weighted by Crippen LogP contribution is -2.18. The Hall–Kier alpha value is -1.46. The largest absolute Gasteiger partial charge is 0.496 e. The number of methoxy groups -OCH3 is 1. The quantitative estimate of drug-likeness (QED) is 0.906. The van der Waals surface area contributed by atoms with Gasteiger partial charge in [0.1, 0.15) is 17.4 Å². The Morgan fingerprint density at radius 2 is 1.95 bits per heavy atom. The highest BCUT2D eigenvalue weighted by molar-refractivity contribution is 7.10. The second-order valence-electron chi connectivity index (χ2n) is 4.18. The van der Waals surface area contributed by atoms with Gasteiger partial charge in [0.2, 0.25) is 0 Å². The maximum Gasteiger partial charge on any atom is 0.134 e. The van der Waals surface area contributed by atoms with Gasteiger partial charge in [0, 0.05) is 12.1 Å². The van der Waals surface area contributed by atoms with Crippen LogP contribution in [0.1, 0.15) is 16.5 Å². The van der Waals surface area contributed by atoms with E-state index in [4.69, 9.17) is 4.74 Å². The van der Waals surface area contributed by atoms with Crippen molar-refractivity contribution in [3.8, 4) is 5.75 Å². The number of hydrogen-bond acceptors (Lipinski definition) is 3. The average Bonchev–Trinajstić information content (AvgIpc) is 2.82. The highest BCUT2D eigenvalue weighted by atomic mass is 32.1. The van der Waals surface area contributed by atoms with Crippen LogP contribution in [-0.4, -0.2) is 14.2 Å². The third-order valence-corrected chi connectivity index (χ3v) is 3.92. The minimum Gasteiger partial charge on any atom is -0.496 e. The average molecular weight is 283 g/mol. The summed E-state index contributed by atoms with van der Waals surface area (Å²) in [5.41, 5.74) is 0.618. The lowest BCUT2D eigenvalue weighted by molar-refractivity contribution is 0.405. The summed E-state index contributed by atoms with van der Waals surface area (Å²) in [5, 5.41) is 5.09. The minimum absolute atomic E-state index is 0.0313. The number of benzene rings is 1. The van der Waals surface area contributed by atoms with Crippen LogP contribution in [-0.2, 0) is 6.42 Å². The van der Waals surface area contributed by atoms with E-state index in [2.05, 4.69) is 5.32 Å². The Balaban J connectivity index is 2.24. The molecule has 0 aliphatic rings. The van der Waals surface area contributed by atoms with Gasteiger partial charge in [-0.2, -0.15) is 0 Å². The molecule has 2 aromatic rings. The van der Waals surface area contributed by atoms with Gasteiger partial charge in [-0.25, -0.2) is 8.78 Å². The Morgan fingerprint density at radius 3 is 2.53 bits per heavy atom. The summed E-state index contributed by atoms with van der Waals surface area (Å²) in [5.74, 6) is -0.313. The normalized spacial score (nSPS) is 12.4. The molecule has 1 aromatic carbocycles. The molecule has 1 unspecified atom stereocenters. The van der Waals surface area contributed by atoms with E-state index in [0.717, 1.165) is 16.7 Å². The number of thiophene rings is 1. The number of likely N-dealkylation sites (N-methyl/N-ethyl adjacent to an activating group) is 1. The summed E-state index contributed by atoms with van der Waals surface area (Å²) in [6, 6.07) is 5.44. The molecule has 0 amide bonds. The molecule has 102 valence electrons. The van der Waals surface area contributed by atoms with Gasteiger partial charge < -0.3 is 10.1 Å². The van der Waals surface area contributed by atoms with E-state index in [9.17, 15) is 8.78 Å². The van der Waals surface area contributed by atoms with Crippen molar-refractivity contribution in [1.82, 2.24) is 5.32 Å². The van der Waals surface area contributed by atoms with E-state index in [1.165, 1.54) is 12.1 Å². The standard InChI is InChI=1S/C14H15F2NOS/c1-17-12(14-13(18-2)3-4-19-14)7-9-5-10(15)8-11(16)6-9/h3-6,8,12,17H,7H2,1-2H3. The van der Waals surface area contributed by atoms with Gasteiger partial charge in [0.25, 0.3) is 0 Å². The first-order valence-corrected chi connectivity index (χ1v) is 6.75. The molecule has 0 fully saturated rings. The SMILES string of the molecule is CNC(Cc1cc(F)cc(F)c1)c1sccc1OC. The van der Waals surface area contributed by atoms with Crippen LogP contribution in [0.5, 0.6) is 5.75 Å². The molecular formula is C14H15F2NOS. The number of nitrogens with one attached hydrogen (secondary N) is 1. The first-order valence-electron chi connectivity index (χ1n) is 5.87. The summed E-state index contributed by atoms with van der Waals surface area (Å²) in [4.78, 5) is 1.02. The van der Waals surface area contributed by atoms with Crippen molar-refractivity contribution in [3.63, 3.8) is 0 Å². The lowest BCUT2D eigenvalue weighted by atomic mass is 10.0. The van der Waals surface area contributed by atoms with E-state index >= 15 is 0 Å². The fourth-order valence-electron chi connectivity index (χ4n) is 2.02. The van der Waals surface area contributed by atoms with Crippen molar-refractivity contribution in [2.24, 2.45) is 0 Å². The van der Waals surface area contributed by atoms with Gasteiger partial charge in [0.15, 0.2) is 0 Å². The number of hydrogen-bond donors (Lipinski definition) is 1. The molecule has 0 radical (unpaired) electrons. The maximum atomic E-state index is 13.2. The van der Waals surface area contributed by atoms with Crippen LogP contribution in [0.25, 0.3) is 0 Å². The zero-order valence-electron chi connectivity index (χ0n) is 10.7. The minimum atomic E-state index is -0.553. The summed E-state index contributed by atoms with van der Waals surface area (Å²) in [6.45, 7) is 0. The summed E-state index contributed by atoms with van der Waals surface area (Å²) in [6.07, 6.45) is 0.502. The molecule has 2 nitrogen and oxygen atoms in total. The van der Waals surface area contributed by atoms with Gasteiger partial charge >= 0.3 is 0 Å². The lowest BCUT2D eigenvalue weighted by Gasteiger charge is -2.16. The highest BCUT2D eigenvalue weighted by Gasteiger charge is 2.17. The molecule has 0 aliphatic carbocycles. The molecule has 1 heterocycles. The number of ether oxygens (including phenoxy) is 1. The molecule has 19 heavy (non-hydrogen) atoms. The molecule has 0 aliphatic heterocycles. The predicted octanol–water partition coefficient (Wildman–Crippen LogP) is 3.54. The van der Waals surface area contributed by atoms with Crippen LogP contribution in [0.15, 0.2) is 29.6 Å². The van der Waals surface area contributed by atoms with Crippen molar-refractivity contribution in [2.45, 2.75) is 12.5 Å². The zero-order chi connectivity index (χ0) is 13.8. The smallest absolute Gasteiger partial charge is 0.134 e. The number of rotatable bonds is 5. The van der Waals surface area contributed by atoms with E-state index < -0.39 is 11.6 Å². The molecule has 0 saturated heterocycles. The van der Waals surface area contributed by atoms with Crippen LogP contribution >= 0.6 is 11.3 Å². The van der Waals surface area contributed by atoms with Crippen LogP contribution in [0.2, 0.25) is 0 Å². The first kappa shape index (κ1) is 14.0. The second-order valence-corrected chi connectivity index (χ2v) is 5.12. The Bertz CT molecular complexity index is 536. The van der Waals surface area contributed by atoms with Crippen molar-refractivity contribution in [2.75, 3.05) is 14.2 Å². The molecule has 2 rings (SSSR count). The van der Waals surface area contributed by atoms with E-state index in [0.29, 0.717) is 12.0 Å². The van der Waals surface area contributed by atoms with Crippen molar-refractivity contribution in [3.05, 3.63) is 51.7 Å². The summed E-state index contributed by atoms with van der Waals surface area (Å²) < 4.78 is 31.7. The molecular weight excluding hydrogens is 268 g/mol. The van der Waals surface area contributed by atoms with Gasteiger partial charge in [-0.3, -0.25) is 0 Å². The monoisotopic (exact) mass is 283 g/mol. The Kier molecular flexibility index (Phi) is 4.50. The zero-order valence-corrected chi connectivity index (χ0v) is 11.6. The molecule has 0 bridgehead atoms. The second kappa shape index (κ2) is 6.12. The van der Waals surface area contributed by atoms with E-state index in [-0.39, 0.29) is 6.04 Å². The van der Waals surface area contributed by atoms with E-state index in [1.54, 1.807) is 18.4 Å². The van der Waals surface area contributed by atoms with Crippen molar-refractivity contribution < 1.29 is 13.5 Å². The number of halogens is 2. The third-order valence-electron chi connectivity index (χ3n) is 2.90. The molecule has 5 heteroatoms. The molecule has 0 saturated carbocycles. The Labute approximate surface area is 115 Å². The van der Waals surface area contributed by atoms with Gasteiger partial charge in [-0.15, -0.1) is 11.3 Å². The summed E-state index contributed by atoms with van der Waals surface area (Å²) >= 11 is 1.56. The van der Waals surface area contributed by atoms with Crippen LogP contribution in [0, 0.1) is 11.6 Å². The van der Waals surface area contributed by atoms with E-state index in [1.807, 2.05) is 18.5 Å². The fourth-order valence-corrected chi connectivity index (χ4v) is 2.99. The van der Waals surface area contributed by atoms with Gasteiger partial charge in [-0.1, -0.05) is 0 Å². The summed E-state index contributed by atoms with van der Waals surface area (Å²) in [7, 11) is 3.43. The maximum absolute atomic E-state index is 13.2. The predicted molar refractivity (Wildman–Crippen MR) is 72.7 cm³/mol. The Morgan fingerprint density at radius 1 is 1.26 bits per heavy atom. The van der Waals surface area contributed by atoms with Crippen LogP contribution in [0.4, 0.5) is 8.78 Å². The van der Waals surface area contributed by atoms with Crippen molar-refractivity contribution in [1.29, 1.82) is 0 Å². The van der Waals surface area contributed by atoms with Crippen LogP contribution in [0.3, 0.4) is 0 Å². The molecule has 1 N–H and O–H groups in total. The van der Waals surface area contributed by atoms with Crippen molar-refractivity contribution >= 4 is 11.3 Å². The van der Waals surface area contributed by atoms with Gasteiger partial charge in [0.05, 0.1) is 12.0 Å². The molecule has 0 spiro atoms. The van der Waals surface area contributed by atoms with Gasteiger partial charge in [-0.05, 0) is 42.6 Å².